The number of aromatic amines is 1. The quantitative estimate of drug-likeness (QED) is 0.431. The molecule has 0 unspecified atom stereocenters. The molecule has 0 saturated heterocycles. The molecule has 0 atom stereocenters. The van der Waals surface area contributed by atoms with Crippen molar-refractivity contribution < 1.29 is 23.4 Å². The predicted molar refractivity (Wildman–Crippen MR) is 134 cm³/mol. The van der Waals surface area contributed by atoms with E-state index in [1.807, 2.05) is 6.92 Å². The number of fused-ring (bicyclic) bond motifs is 1. The number of H-pyrrole nitrogens is 1. The molecular formula is C25H28N4O7. The van der Waals surface area contributed by atoms with Gasteiger partial charge in [0.05, 0.1) is 19.9 Å². The normalized spacial score (nSPS) is 12.6. The van der Waals surface area contributed by atoms with Crippen LogP contribution in [0.5, 0.6) is 17.2 Å². The second kappa shape index (κ2) is 10.9. The van der Waals surface area contributed by atoms with Crippen LogP contribution in [0.3, 0.4) is 0 Å². The van der Waals surface area contributed by atoms with E-state index in [1.165, 1.54) is 28.9 Å². The van der Waals surface area contributed by atoms with Crippen LogP contribution in [0.25, 0.3) is 6.08 Å². The largest absolute Gasteiger partial charge is 0.493 e. The third kappa shape index (κ3) is 5.14. The minimum atomic E-state index is -0.764. The Balaban J connectivity index is 1.72. The Kier molecular flexibility index (Phi) is 7.47. The number of hydrogen-bond donors (Lipinski definition) is 2. The first-order chi connectivity index (χ1) is 17.4. The summed E-state index contributed by atoms with van der Waals surface area (Å²) in [6, 6.07) is 6.78. The van der Waals surface area contributed by atoms with Crippen molar-refractivity contribution in [2.45, 2.75) is 32.9 Å². The van der Waals surface area contributed by atoms with Crippen LogP contribution >= 0.6 is 0 Å². The van der Waals surface area contributed by atoms with Gasteiger partial charge < -0.3 is 24.4 Å². The van der Waals surface area contributed by atoms with E-state index >= 15 is 0 Å². The maximum Gasteiger partial charge on any atom is 0.330 e. The van der Waals surface area contributed by atoms with E-state index in [0.29, 0.717) is 54.8 Å². The number of carbonyl (C=O) groups excluding carboxylic acids is 1. The van der Waals surface area contributed by atoms with Gasteiger partial charge in [0.2, 0.25) is 5.75 Å². The Labute approximate surface area is 206 Å². The third-order valence-electron chi connectivity index (χ3n) is 5.65. The second-order valence-electron chi connectivity index (χ2n) is 8.08. The highest BCUT2D eigenvalue weighted by molar-refractivity contribution is 6.05. The van der Waals surface area contributed by atoms with Gasteiger partial charge in [-0.15, -0.1) is 0 Å². The number of hydrogen-bond acceptors (Lipinski definition) is 8. The average Bonchev–Trinajstić information content (AvgIpc) is 3.39. The second-order valence-corrected chi connectivity index (χ2v) is 8.08. The molecule has 190 valence electrons. The van der Waals surface area contributed by atoms with Crippen molar-refractivity contribution in [2.75, 3.05) is 31.0 Å². The van der Waals surface area contributed by atoms with Crippen molar-refractivity contribution >= 4 is 23.5 Å². The van der Waals surface area contributed by atoms with E-state index in [-0.39, 0.29) is 18.1 Å². The molecule has 0 bridgehead atoms. The summed E-state index contributed by atoms with van der Waals surface area (Å²) in [6.45, 7) is 3.02. The smallest absolute Gasteiger partial charge is 0.330 e. The summed E-state index contributed by atoms with van der Waals surface area (Å²) >= 11 is 0. The van der Waals surface area contributed by atoms with Gasteiger partial charge in [-0.1, -0.05) is 13.3 Å². The molecule has 1 aliphatic heterocycles. The number of unbranched alkanes of at least 4 members (excludes halogenated alkanes) is 1. The molecule has 4 rings (SSSR count). The van der Waals surface area contributed by atoms with Gasteiger partial charge in [-0.3, -0.25) is 24.0 Å². The molecule has 0 saturated carbocycles. The monoisotopic (exact) mass is 496 g/mol. The Morgan fingerprint density at radius 3 is 2.81 bits per heavy atom. The van der Waals surface area contributed by atoms with Gasteiger partial charge in [0.15, 0.2) is 17.2 Å². The van der Waals surface area contributed by atoms with Gasteiger partial charge in [-0.05, 0) is 42.3 Å². The molecule has 3 heterocycles. The fourth-order valence-electron chi connectivity index (χ4n) is 3.85. The molecule has 0 aliphatic carbocycles. The van der Waals surface area contributed by atoms with Crippen LogP contribution in [0.1, 0.15) is 31.1 Å². The van der Waals surface area contributed by atoms with Crippen molar-refractivity contribution in [3.63, 3.8) is 0 Å². The van der Waals surface area contributed by atoms with Crippen LogP contribution in [-0.4, -0.2) is 35.8 Å². The highest BCUT2D eigenvalue weighted by Gasteiger charge is 2.24. The number of carbonyl (C=O) groups is 1. The number of nitrogens with two attached hydrogens (primary N) is 1. The molecule has 0 spiro atoms. The molecule has 3 N–H and O–H groups in total. The van der Waals surface area contributed by atoms with Crippen molar-refractivity contribution in [2.24, 2.45) is 0 Å². The summed E-state index contributed by atoms with van der Waals surface area (Å²) in [5.41, 5.74) is 5.37. The van der Waals surface area contributed by atoms with Crippen molar-refractivity contribution in [3.05, 3.63) is 68.8 Å². The number of anilines is 2. The van der Waals surface area contributed by atoms with E-state index in [4.69, 9.17) is 24.4 Å². The lowest BCUT2D eigenvalue weighted by molar-refractivity contribution is -0.114. The zero-order valence-corrected chi connectivity index (χ0v) is 20.1. The summed E-state index contributed by atoms with van der Waals surface area (Å²) in [7, 11) is 1.51. The Morgan fingerprint density at radius 1 is 1.28 bits per heavy atom. The van der Waals surface area contributed by atoms with Crippen molar-refractivity contribution in [1.82, 2.24) is 9.55 Å². The number of aromatic nitrogens is 2. The molecule has 11 nitrogen and oxygen atoms in total. The molecule has 1 amide bonds. The highest BCUT2D eigenvalue weighted by atomic mass is 16.6. The number of nitrogens with zero attached hydrogens (tertiary/aromatic N) is 2. The van der Waals surface area contributed by atoms with E-state index in [0.717, 1.165) is 6.42 Å². The van der Waals surface area contributed by atoms with Crippen LogP contribution in [0.2, 0.25) is 0 Å². The lowest BCUT2D eigenvalue weighted by atomic mass is 10.1. The highest BCUT2D eigenvalue weighted by Crippen LogP contribution is 2.40. The van der Waals surface area contributed by atoms with Gasteiger partial charge in [-0.2, -0.15) is 0 Å². The van der Waals surface area contributed by atoms with Gasteiger partial charge in [-0.25, -0.2) is 4.79 Å². The number of nitrogens with one attached hydrogen (secondary N) is 1. The van der Waals surface area contributed by atoms with Gasteiger partial charge in [0, 0.05) is 12.6 Å². The van der Waals surface area contributed by atoms with Gasteiger partial charge in [0.25, 0.3) is 11.5 Å². The number of ether oxygens (including phenoxy) is 3. The molecule has 0 fully saturated rings. The Morgan fingerprint density at radius 2 is 2.08 bits per heavy atom. The summed E-state index contributed by atoms with van der Waals surface area (Å²) < 4.78 is 23.3. The zero-order chi connectivity index (χ0) is 25.7. The fourth-order valence-corrected chi connectivity index (χ4v) is 3.85. The van der Waals surface area contributed by atoms with E-state index in [1.54, 1.807) is 30.3 Å². The first-order valence-corrected chi connectivity index (χ1v) is 11.5. The first-order valence-electron chi connectivity index (χ1n) is 11.5. The van der Waals surface area contributed by atoms with Crippen LogP contribution in [-0.2, 0) is 17.9 Å². The minimum absolute atomic E-state index is 0.0695. The Hall–Kier alpha value is -4.41. The molecule has 1 aromatic carbocycles. The topological polar surface area (TPSA) is 142 Å². The van der Waals surface area contributed by atoms with Crippen LogP contribution in [0.15, 0.2) is 50.6 Å². The van der Waals surface area contributed by atoms with E-state index in [9.17, 15) is 14.4 Å². The lowest BCUT2D eigenvalue weighted by Gasteiger charge is -2.23. The number of furan rings is 1. The molecule has 2 aromatic heterocycles. The molecule has 0 radical (unpaired) electrons. The van der Waals surface area contributed by atoms with Crippen LogP contribution in [0.4, 0.5) is 11.5 Å². The van der Waals surface area contributed by atoms with E-state index in [2.05, 4.69) is 4.98 Å². The number of benzene rings is 1. The number of methoxy groups -OCH3 is 1. The fraction of sp³-hybridized carbons (Fsp3) is 0.320. The molecular weight excluding hydrogens is 468 g/mol. The summed E-state index contributed by atoms with van der Waals surface area (Å²) in [4.78, 5) is 42.1. The number of amides is 1. The number of rotatable bonds is 9. The molecule has 3 aromatic rings. The summed E-state index contributed by atoms with van der Waals surface area (Å²) in [6.07, 6.45) is 5.82. The maximum atomic E-state index is 13.4. The SMILES string of the molecule is CCCCn1c(N)c(N(Cc2ccco2)C(=O)/C=C/c2cc(OC)c3c(c2)OCCO3)c(=O)[nH]c1=O. The molecule has 36 heavy (non-hydrogen) atoms. The van der Waals surface area contributed by atoms with Crippen LogP contribution in [0, 0.1) is 0 Å². The molecule has 1 aliphatic rings. The van der Waals surface area contributed by atoms with Crippen molar-refractivity contribution in [3.8, 4) is 17.2 Å². The average molecular weight is 497 g/mol. The van der Waals surface area contributed by atoms with Gasteiger partial charge >= 0.3 is 5.69 Å². The maximum absolute atomic E-state index is 13.4. The Bertz CT molecular complexity index is 1360. The lowest BCUT2D eigenvalue weighted by Crippen LogP contribution is -2.40. The molecule has 11 heteroatoms. The first kappa shape index (κ1) is 24.7. The standard InChI is InChI=1S/C25H28N4O7/c1-3-4-9-28-23(26)21(24(31)27-25(28)32)29(15-17-6-5-10-34-17)20(30)8-7-16-13-18(33-2)22-19(14-16)35-11-12-36-22/h5-8,10,13-14H,3-4,9,11-12,15,26H2,1-2H3,(H,27,31,32)/b8-7+. The third-order valence-corrected chi connectivity index (χ3v) is 5.65. The van der Waals surface area contributed by atoms with Crippen LogP contribution < -0.4 is 36.1 Å². The van der Waals surface area contributed by atoms with Crippen molar-refractivity contribution in [1.29, 1.82) is 0 Å². The summed E-state index contributed by atoms with van der Waals surface area (Å²) in [5, 5.41) is 0. The predicted octanol–water partition coefficient (Wildman–Crippen LogP) is 2.54. The zero-order valence-electron chi connectivity index (χ0n) is 20.1. The summed E-state index contributed by atoms with van der Waals surface area (Å²) in [5.74, 6) is 1.27. The minimum Gasteiger partial charge on any atom is -0.493 e. The number of nitrogen functional groups attached to an aromatic ring is 1. The van der Waals surface area contributed by atoms with Gasteiger partial charge in [0.1, 0.15) is 24.8 Å². The van der Waals surface area contributed by atoms with E-state index < -0.39 is 17.2 Å².